The molecule has 0 radical (unpaired) electrons. The van der Waals surface area contributed by atoms with Crippen LogP contribution in [0.1, 0.15) is 24.8 Å². The molecule has 2 saturated heterocycles. The monoisotopic (exact) mass is 424 g/mol. The SMILES string of the molecule is O=C(N[C@@H]1CCC[C@H]2OC[C@H](C(=O)O)N2C1=O)[C@H](Br)Cc1ccccc1. The molecular formula is C18H21BrN2O5. The van der Waals surface area contributed by atoms with Crippen molar-refractivity contribution in [3.8, 4) is 0 Å². The van der Waals surface area contributed by atoms with Gasteiger partial charge in [0.1, 0.15) is 12.3 Å². The van der Waals surface area contributed by atoms with Crippen molar-refractivity contribution in [3.05, 3.63) is 35.9 Å². The second-order valence-corrected chi connectivity index (χ2v) is 7.64. The van der Waals surface area contributed by atoms with Gasteiger partial charge in [0, 0.05) is 0 Å². The third-order valence-corrected chi connectivity index (χ3v) is 5.47. The van der Waals surface area contributed by atoms with E-state index in [9.17, 15) is 19.5 Å². The molecule has 2 N–H and O–H groups in total. The average molecular weight is 425 g/mol. The van der Waals surface area contributed by atoms with E-state index < -0.39 is 29.1 Å². The molecule has 2 fully saturated rings. The fourth-order valence-corrected chi connectivity index (χ4v) is 3.89. The summed E-state index contributed by atoms with van der Waals surface area (Å²) in [6.07, 6.45) is 1.70. The maximum Gasteiger partial charge on any atom is 0.328 e. The highest BCUT2D eigenvalue weighted by Crippen LogP contribution is 2.27. The summed E-state index contributed by atoms with van der Waals surface area (Å²) < 4.78 is 5.46. The molecule has 7 nitrogen and oxygen atoms in total. The molecule has 0 saturated carbocycles. The van der Waals surface area contributed by atoms with E-state index in [-0.39, 0.29) is 18.4 Å². The minimum Gasteiger partial charge on any atom is -0.480 e. The van der Waals surface area contributed by atoms with Crippen LogP contribution in [0.5, 0.6) is 0 Å². The van der Waals surface area contributed by atoms with Gasteiger partial charge in [-0.15, -0.1) is 0 Å². The molecule has 2 aliphatic heterocycles. The smallest absolute Gasteiger partial charge is 0.328 e. The number of hydrogen-bond donors (Lipinski definition) is 2. The molecule has 2 heterocycles. The Hall–Kier alpha value is -1.93. The Morgan fingerprint density at radius 2 is 2.04 bits per heavy atom. The number of amides is 2. The zero-order valence-corrected chi connectivity index (χ0v) is 15.7. The highest BCUT2D eigenvalue weighted by Gasteiger charge is 2.46. The lowest BCUT2D eigenvalue weighted by Crippen LogP contribution is -2.54. The van der Waals surface area contributed by atoms with Gasteiger partial charge < -0.3 is 15.2 Å². The first-order valence-corrected chi connectivity index (χ1v) is 9.54. The fraction of sp³-hybridized carbons (Fsp3) is 0.500. The van der Waals surface area contributed by atoms with Crippen LogP contribution in [-0.2, 0) is 25.5 Å². The van der Waals surface area contributed by atoms with Gasteiger partial charge in [-0.25, -0.2) is 4.79 Å². The molecule has 140 valence electrons. The van der Waals surface area contributed by atoms with Crippen LogP contribution in [0.25, 0.3) is 0 Å². The summed E-state index contributed by atoms with van der Waals surface area (Å²) in [5, 5.41) is 12.1. The van der Waals surface area contributed by atoms with E-state index >= 15 is 0 Å². The number of hydrogen-bond acceptors (Lipinski definition) is 4. The molecule has 8 heteroatoms. The number of rotatable bonds is 5. The number of ether oxygens (including phenoxy) is 1. The number of nitrogens with zero attached hydrogens (tertiary/aromatic N) is 1. The van der Waals surface area contributed by atoms with Crippen LogP contribution in [0.2, 0.25) is 0 Å². The molecule has 0 unspecified atom stereocenters. The van der Waals surface area contributed by atoms with Crippen molar-refractivity contribution < 1.29 is 24.2 Å². The van der Waals surface area contributed by atoms with Gasteiger partial charge in [0.2, 0.25) is 11.8 Å². The first kappa shape index (κ1) is 18.8. The summed E-state index contributed by atoms with van der Waals surface area (Å²) in [6.45, 7) is -0.0124. The van der Waals surface area contributed by atoms with Gasteiger partial charge in [-0.1, -0.05) is 46.3 Å². The maximum atomic E-state index is 12.8. The highest BCUT2D eigenvalue weighted by molar-refractivity contribution is 9.10. The number of carboxylic acids is 1. The first-order chi connectivity index (χ1) is 12.5. The summed E-state index contributed by atoms with van der Waals surface area (Å²) in [5.41, 5.74) is 1.01. The minimum atomic E-state index is -1.09. The molecule has 26 heavy (non-hydrogen) atoms. The Labute approximate surface area is 159 Å². The summed E-state index contributed by atoms with van der Waals surface area (Å²) in [6, 6.07) is 7.86. The zero-order chi connectivity index (χ0) is 18.7. The molecule has 0 aromatic heterocycles. The number of carbonyl (C=O) groups is 3. The Kier molecular flexibility index (Phi) is 5.93. The van der Waals surface area contributed by atoms with Crippen molar-refractivity contribution in [2.75, 3.05) is 6.61 Å². The van der Waals surface area contributed by atoms with Crippen LogP contribution in [0.15, 0.2) is 30.3 Å². The number of fused-ring (bicyclic) bond motifs is 1. The second kappa shape index (κ2) is 8.18. The third kappa shape index (κ3) is 4.07. The number of carboxylic acid groups (broad SMARTS) is 1. The van der Waals surface area contributed by atoms with E-state index in [1.807, 2.05) is 30.3 Å². The van der Waals surface area contributed by atoms with Crippen molar-refractivity contribution in [2.45, 2.75) is 48.8 Å². The number of carbonyl (C=O) groups excluding carboxylic acids is 2. The van der Waals surface area contributed by atoms with Gasteiger partial charge >= 0.3 is 5.97 Å². The number of aliphatic carboxylic acids is 1. The van der Waals surface area contributed by atoms with Crippen molar-refractivity contribution in [1.82, 2.24) is 10.2 Å². The summed E-state index contributed by atoms with van der Waals surface area (Å²) in [5.74, 6) is -1.75. The number of nitrogens with one attached hydrogen (secondary N) is 1. The van der Waals surface area contributed by atoms with Crippen LogP contribution in [0.4, 0.5) is 0 Å². The van der Waals surface area contributed by atoms with Gasteiger partial charge in [-0.3, -0.25) is 14.5 Å². The lowest BCUT2D eigenvalue weighted by molar-refractivity contribution is -0.151. The second-order valence-electron chi connectivity index (χ2n) is 6.54. The van der Waals surface area contributed by atoms with Crippen LogP contribution < -0.4 is 5.32 Å². The van der Waals surface area contributed by atoms with E-state index in [2.05, 4.69) is 21.2 Å². The molecule has 0 spiro atoms. The Morgan fingerprint density at radius 3 is 2.73 bits per heavy atom. The standard InChI is InChI=1S/C18H21BrN2O5/c19-12(9-11-5-2-1-3-6-11)16(22)20-13-7-4-8-15-21(17(13)23)14(10-26-15)18(24)25/h1-3,5-6,12-15H,4,7-10H2,(H,20,22)(H,24,25)/t12-,13-,14-,15-/m1/s1. The summed E-state index contributed by atoms with van der Waals surface area (Å²) in [4.78, 5) is 37.5. The first-order valence-electron chi connectivity index (χ1n) is 8.62. The van der Waals surface area contributed by atoms with Gasteiger partial charge in [-0.05, 0) is 31.2 Å². The predicted octanol–water partition coefficient (Wildman–Crippen LogP) is 1.30. The maximum absolute atomic E-state index is 12.8. The lowest BCUT2D eigenvalue weighted by Gasteiger charge is -2.27. The molecular weight excluding hydrogens is 404 g/mol. The van der Waals surface area contributed by atoms with E-state index in [1.165, 1.54) is 4.90 Å². The predicted molar refractivity (Wildman–Crippen MR) is 96.7 cm³/mol. The van der Waals surface area contributed by atoms with Crippen molar-refractivity contribution in [2.24, 2.45) is 0 Å². The van der Waals surface area contributed by atoms with Crippen molar-refractivity contribution >= 4 is 33.7 Å². The van der Waals surface area contributed by atoms with Gasteiger partial charge in [-0.2, -0.15) is 0 Å². The Balaban J connectivity index is 1.65. The molecule has 0 bridgehead atoms. The van der Waals surface area contributed by atoms with Crippen molar-refractivity contribution in [1.29, 1.82) is 0 Å². The topological polar surface area (TPSA) is 95.9 Å². The van der Waals surface area contributed by atoms with E-state index in [0.717, 1.165) is 5.56 Å². The molecule has 1 aromatic carbocycles. The Morgan fingerprint density at radius 1 is 1.31 bits per heavy atom. The minimum absolute atomic E-state index is 0.0124. The zero-order valence-electron chi connectivity index (χ0n) is 14.1. The van der Waals surface area contributed by atoms with Crippen LogP contribution in [0.3, 0.4) is 0 Å². The van der Waals surface area contributed by atoms with Gasteiger partial charge in [0.05, 0.1) is 11.4 Å². The third-order valence-electron chi connectivity index (χ3n) is 4.73. The van der Waals surface area contributed by atoms with Crippen LogP contribution >= 0.6 is 15.9 Å². The molecule has 0 aliphatic carbocycles. The van der Waals surface area contributed by atoms with E-state index in [0.29, 0.717) is 25.7 Å². The molecule has 2 aliphatic rings. The number of alkyl halides is 1. The van der Waals surface area contributed by atoms with Crippen LogP contribution in [0, 0.1) is 0 Å². The Bertz CT molecular complexity index is 683. The number of benzene rings is 1. The fourth-order valence-electron chi connectivity index (χ4n) is 3.38. The highest BCUT2D eigenvalue weighted by atomic mass is 79.9. The van der Waals surface area contributed by atoms with E-state index in [1.54, 1.807) is 0 Å². The van der Waals surface area contributed by atoms with Gasteiger partial charge in [0.25, 0.3) is 0 Å². The summed E-state index contributed by atoms with van der Waals surface area (Å²) >= 11 is 3.38. The van der Waals surface area contributed by atoms with Crippen LogP contribution in [-0.4, -0.2) is 57.5 Å². The van der Waals surface area contributed by atoms with Gasteiger partial charge in [0.15, 0.2) is 6.04 Å². The molecule has 4 atom stereocenters. The van der Waals surface area contributed by atoms with Crippen molar-refractivity contribution in [3.63, 3.8) is 0 Å². The molecule has 2 amide bonds. The molecule has 1 aromatic rings. The quantitative estimate of drug-likeness (QED) is 0.694. The largest absolute Gasteiger partial charge is 0.480 e. The normalized spacial score (nSPS) is 26.7. The lowest BCUT2D eigenvalue weighted by atomic mass is 10.1. The molecule has 3 rings (SSSR count). The van der Waals surface area contributed by atoms with E-state index in [4.69, 9.17) is 4.74 Å². The number of halogens is 1. The summed E-state index contributed by atoms with van der Waals surface area (Å²) in [7, 11) is 0. The average Bonchev–Trinajstić information content (AvgIpc) is 2.99.